The minimum Gasteiger partial charge on any atom is -0.387 e. The Morgan fingerprint density at radius 2 is 1.93 bits per heavy atom. The van der Waals surface area contributed by atoms with E-state index >= 15 is 0 Å². The van der Waals surface area contributed by atoms with Gasteiger partial charge in [-0.25, -0.2) is 8.42 Å². The van der Waals surface area contributed by atoms with E-state index in [4.69, 9.17) is 11.1 Å². The van der Waals surface area contributed by atoms with Crippen LogP contribution in [-0.2, 0) is 10.0 Å². The van der Waals surface area contributed by atoms with Crippen LogP contribution in [0.15, 0.2) is 0 Å². The fraction of sp³-hybridized carbons (Fsp3) is 0.889. The first-order valence-electron chi connectivity index (χ1n) is 5.22. The van der Waals surface area contributed by atoms with Crippen LogP contribution in [0.5, 0.6) is 0 Å². The van der Waals surface area contributed by atoms with Gasteiger partial charge in [0.25, 0.3) is 0 Å². The maximum absolute atomic E-state index is 12.0. The van der Waals surface area contributed by atoms with Gasteiger partial charge in [-0.1, -0.05) is 19.3 Å². The molecule has 0 amide bonds. The molecule has 0 heterocycles. The second kappa shape index (κ2) is 4.94. The molecule has 3 N–H and O–H groups in total. The number of sulfonamides is 1. The SMILES string of the molecule is CN(CC(=N)N)S(=O)(=O)C1CCCCC1. The predicted molar refractivity (Wildman–Crippen MR) is 60.3 cm³/mol. The predicted octanol–water partition coefficient (Wildman–Crippen LogP) is 0.517. The Bertz CT molecular complexity index is 320. The monoisotopic (exact) mass is 233 g/mol. The standard InChI is InChI=1S/C9H19N3O2S/c1-12(7-9(10)11)15(13,14)8-5-3-2-4-6-8/h8H,2-7H2,1H3,(H3,10,11). The van der Waals surface area contributed by atoms with E-state index in [9.17, 15) is 8.42 Å². The van der Waals surface area contributed by atoms with E-state index in [2.05, 4.69) is 0 Å². The van der Waals surface area contributed by atoms with Crippen LogP contribution in [0.1, 0.15) is 32.1 Å². The minimum atomic E-state index is -3.24. The zero-order valence-corrected chi connectivity index (χ0v) is 9.89. The highest BCUT2D eigenvalue weighted by molar-refractivity contribution is 7.89. The zero-order chi connectivity index (χ0) is 11.5. The van der Waals surface area contributed by atoms with Crippen LogP contribution < -0.4 is 5.73 Å². The molecule has 1 aliphatic carbocycles. The second-order valence-corrected chi connectivity index (χ2v) is 6.41. The van der Waals surface area contributed by atoms with Crippen molar-refractivity contribution >= 4 is 15.9 Å². The Kier molecular flexibility index (Phi) is 4.10. The highest BCUT2D eigenvalue weighted by Crippen LogP contribution is 2.25. The van der Waals surface area contributed by atoms with Gasteiger partial charge in [-0.05, 0) is 12.8 Å². The van der Waals surface area contributed by atoms with E-state index in [0.29, 0.717) is 0 Å². The quantitative estimate of drug-likeness (QED) is 0.548. The first-order valence-corrected chi connectivity index (χ1v) is 6.73. The molecule has 0 saturated heterocycles. The molecule has 1 fully saturated rings. The number of nitrogens with zero attached hydrogens (tertiary/aromatic N) is 1. The molecule has 0 aromatic rings. The lowest BCUT2D eigenvalue weighted by Crippen LogP contribution is -2.41. The van der Waals surface area contributed by atoms with E-state index in [1.165, 1.54) is 11.4 Å². The Balaban J connectivity index is 2.67. The Labute approximate surface area is 91.2 Å². The van der Waals surface area contributed by atoms with Crippen LogP contribution in [-0.4, -0.2) is 37.4 Å². The summed E-state index contributed by atoms with van der Waals surface area (Å²) < 4.78 is 25.2. The van der Waals surface area contributed by atoms with Crippen LogP contribution in [0.4, 0.5) is 0 Å². The number of nitrogens with two attached hydrogens (primary N) is 1. The number of hydrogen-bond acceptors (Lipinski definition) is 3. The first kappa shape index (κ1) is 12.4. The average molecular weight is 233 g/mol. The summed E-state index contributed by atoms with van der Waals surface area (Å²) in [5.74, 6) is -0.114. The minimum absolute atomic E-state index is 0.00116. The second-order valence-electron chi connectivity index (χ2n) is 4.09. The van der Waals surface area contributed by atoms with Gasteiger partial charge in [-0.15, -0.1) is 0 Å². The van der Waals surface area contributed by atoms with E-state index in [1.54, 1.807) is 0 Å². The van der Waals surface area contributed by atoms with Crippen molar-refractivity contribution in [1.82, 2.24) is 4.31 Å². The van der Waals surface area contributed by atoms with Gasteiger partial charge >= 0.3 is 0 Å². The first-order chi connectivity index (χ1) is 6.94. The Morgan fingerprint density at radius 1 is 1.40 bits per heavy atom. The highest BCUT2D eigenvalue weighted by Gasteiger charge is 2.30. The molecule has 6 heteroatoms. The molecule has 1 aliphatic rings. The Hall–Kier alpha value is -0.620. The largest absolute Gasteiger partial charge is 0.387 e. The molecule has 5 nitrogen and oxygen atoms in total. The van der Waals surface area contributed by atoms with Crippen molar-refractivity contribution in [2.24, 2.45) is 5.73 Å². The van der Waals surface area contributed by atoms with Crippen LogP contribution in [0.3, 0.4) is 0 Å². The van der Waals surface area contributed by atoms with Gasteiger partial charge < -0.3 is 5.73 Å². The third kappa shape index (κ3) is 3.17. The molecular weight excluding hydrogens is 214 g/mol. The molecule has 0 aromatic heterocycles. The van der Waals surface area contributed by atoms with E-state index in [0.717, 1.165) is 32.1 Å². The molecule has 0 aliphatic heterocycles. The molecule has 0 unspecified atom stereocenters. The summed E-state index contributed by atoms with van der Waals surface area (Å²) in [7, 11) is -1.75. The fourth-order valence-electron chi connectivity index (χ4n) is 1.95. The topological polar surface area (TPSA) is 87.2 Å². The van der Waals surface area contributed by atoms with Crippen molar-refractivity contribution in [2.45, 2.75) is 37.4 Å². The zero-order valence-electron chi connectivity index (χ0n) is 9.07. The summed E-state index contributed by atoms with van der Waals surface area (Å²) in [4.78, 5) is 0. The van der Waals surface area contributed by atoms with Gasteiger partial charge in [0.2, 0.25) is 10.0 Å². The summed E-state index contributed by atoms with van der Waals surface area (Å²) in [6.45, 7) is -0.00116. The lowest BCUT2D eigenvalue weighted by Gasteiger charge is -2.26. The van der Waals surface area contributed by atoms with Gasteiger partial charge in [-0.2, -0.15) is 4.31 Å². The number of nitrogens with one attached hydrogen (secondary N) is 1. The molecule has 0 aromatic carbocycles. The third-order valence-electron chi connectivity index (χ3n) is 2.80. The fourth-order valence-corrected chi connectivity index (χ4v) is 3.70. The summed E-state index contributed by atoms with van der Waals surface area (Å²) >= 11 is 0. The molecule has 88 valence electrons. The average Bonchev–Trinajstić information content (AvgIpc) is 2.18. The number of amidine groups is 1. The molecule has 0 radical (unpaired) electrons. The summed E-state index contributed by atoms with van der Waals surface area (Å²) in [6.07, 6.45) is 4.58. The lowest BCUT2D eigenvalue weighted by atomic mass is 10.0. The summed E-state index contributed by atoms with van der Waals surface area (Å²) in [5.41, 5.74) is 5.20. The van der Waals surface area contributed by atoms with Crippen LogP contribution in [0, 0.1) is 5.41 Å². The molecule has 1 rings (SSSR count). The van der Waals surface area contributed by atoms with Crippen LogP contribution in [0.25, 0.3) is 0 Å². The van der Waals surface area contributed by atoms with E-state index < -0.39 is 10.0 Å². The smallest absolute Gasteiger partial charge is 0.217 e. The van der Waals surface area contributed by atoms with Crippen LogP contribution in [0.2, 0.25) is 0 Å². The number of hydrogen-bond donors (Lipinski definition) is 2. The van der Waals surface area contributed by atoms with Gasteiger partial charge in [0.05, 0.1) is 11.8 Å². The third-order valence-corrected chi connectivity index (χ3v) is 5.11. The highest BCUT2D eigenvalue weighted by atomic mass is 32.2. The van der Waals surface area contributed by atoms with Crippen molar-refractivity contribution in [3.05, 3.63) is 0 Å². The van der Waals surface area contributed by atoms with Crippen molar-refractivity contribution in [3.8, 4) is 0 Å². The van der Waals surface area contributed by atoms with Gasteiger partial charge in [0.15, 0.2) is 0 Å². The molecule has 0 bridgehead atoms. The van der Waals surface area contributed by atoms with Crippen molar-refractivity contribution in [3.63, 3.8) is 0 Å². The van der Waals surface area contributed by atoms with Gasteiger partial charge in [-0.3, -0.25) is 5.41 Å². The van der Waals surface area contributed by atoms with Crippen molar-refractivity contribution in [2.75, 3.05) is 13.6 Å². The molecule has 15 heavy (non-hydrogen) atoms. The van der Waals surface area contributed by atoms with Gasteiger partial charge in [0, 0.05) is 7.05 Å². The number of rotatable bonds is 4. The molecule has 1 saturated carbocycles. The molecule has 0 spiro atoms. The maximum Gasteiger partial charge on any atom is 0.217 e. The maximum atomic E-state index is 12.0. The van der Waals surface area contributed by atoms with Gasteiger partial charge in [0.1, 0.15) is 5.84 Å². The molecule has 0 atom stereocenters. The summed E-state index contributed by atoms with van der Waals surface area (Å²) in [6, 6.07) is 0. The molecular formula is C9H19N3O2S. The summed E-state index contributed by atoms with van der Waals surface area (Å²) in [5, 5.41) is 6.82. The van der Waals surface area contributed by atoms with E-state index in [-0.39, 0.29) is 17.6 Å². The normalized spacial score (nSPS) is 19.3. The van der Waals surface area contributed by atoms with Crippen LogP contribution >= 0.6 is 0 Å². The van der Waals surface area contributed by atoms with Crippen molar-refractivity contribution in [1.29, 1.82) is 5.41 Å². The number of likely N-dealkylation sites (N-methyl/N-ethyl adjacent to an activating group) is 1. The Morgan fingerprint density at radius 3 is 2.40 bits per heavy atom. The lowest BCUT2D eigenvalue weighted by molar-refractivity contribution is 0.442. The van der Waals surface area contributed by atoms with Crippen molar-refractivity contribution < 1.29 is 8.42 Å². The van der Waals surface area contributed by atoms with E-state index in [1.807, 2.05) is 0 Å².